The van der Waals surface area contributed by atoms with Gasteiger partial charge in [-0.1, -0.05) is 0 Å². The van der Waals surface area contributed by atoms with E-state index in [-0.39, 0.29) is 12.1 Å². The van der Waals surface area contributed by atoms with Crippen molar-refractivity contribution in [2.24, 2.45) is 0 Å². The maximum atomic E-state index is 12.1. The zero-order valence-corrected chi connectivity index (χ0v) is 15.2. The zero-order chi connectivity index (χ0) is 19.1. The lowest BCUT2D eigenvalue weighted by atomic mass is 10.2. The molecule has 9 heteroatoms. The van der Waals surface area contributed by atoms with E-state index in [0.717, 1.165) is 0 Å². The minimum absolute atomic E-state index is 0.163. The molecular weight excluding hydrogens is 340 g/mol. The monoisotopic (exact) mass is 362 g/mol. The molecule has 1 aromatic carbocycles. The van der Waals surface area contributed by atoms with E-state index in [0.29, 0.717) is 35.2 Å². The first kappa shape index (κ1) is 19.1. The highest BCUT2D eigenvalue weighted by molar-refractivity contribution is 5.90. The Balaban J connectivity index is 1.98. The number of carbonyl (C=O) groups is 1. The first-order chi connectivity index (χ1) is 12.5. The predicted octanol–water partition coefficient (Wildman–Crippen LogP) is 1.40. The first-order valence-electron chi connectivity index (χ1n) is 7.86. The van der Waals surface area contributed by atoms with Gasteiger partial charge >= 0.3 is 6.03 Å². The van der Waals surface area contributed by atoms with Crippen LogP contribution in [0, 0.1) is 6.92 Å². The van der Waals surface area contributed by atoms with E-state index in [1.54, 1.807) is 19.1 Å². The first-order valence-corrected chi connectivity index (χ1v) is 7.86. The molecule has 0 atom stereocenters. The number of nitrogens with one attached hydrogen (secondary N) is 2. The Hall–Kier alpha value is -3.23. The third kappa shape index (κ3) is 4.65. The summed E-state index contributed by atoms with van der Waals surface area (Å²) in [4.78, 5) is 27.9. The Kier molecular flexibility index (Phi) is 6.42. The van der Waals surface area contributed by atoms with Gasteiger partial charge in [0.2, 0.25) is 5.75 Å². The highest BCUT2D eigenvalue weighted by atomic mass is 16.5. The van der Waals surface area contributed by atoms with Gasteiger partial charge in [0.25, 0.3) is 5.56 Å². The van der Waals surface area contributed by atoms with Crippen molar-refractivity contribution in [2.75, 3.05) is 33.2 Å². The fraction of sp³-hybridized carbons (Fsp3) is 0.353. The number of carbonyl (C=O) groups excluding carboxylic acids is 1. The lowest BCUT2D eigenvalue weighted by Gasteiger charge is -2.15. The summed E-state index contributed by atoms with van der Waals surface area (Å²) in [5.41, 5.74) is 0.967. The Morgan fingerprint density at radius 2 is 1.77 bits per heavy atom. The van der Waals surface area contributed by atoms with Crippen molar-refractivity contribution < 1.29 is 19.0 Å². The van der Waals surface area contributed by atoms with Crippen LogP contribution in [0.25, 0.3) is 0 Å². The number of methoxy groups -OCH3 is 3. The van der Waals surface area contributed by atoms with Crippen LogP contribution in [-0.2, 0) is 6.54 Å². The highest BCUT2D eigenvalue weighted by Crippen LogP contribution is 2.39. The van der Waals surface area contributed by atoms with Gasteiger partial charge in [0.05, 0.1) is 33.3 Å². The number of ether oxygens (including phenoxy) is 3. The van der Waals surface area contributed by atoms with Gasteiger partial charge in [-0.3, -0.25) is 9.36 Å². The van der Waals surface area contributed by atoms with Crippen LogP contribution in [0.5, 0.6) is 17.2 Å². The summed E-state index contributed by atoms with van der Waals surface area (Å²) >= 11 is 0. The summed E-state index contributed by atoms with van der Waals surface area (Å²) < 4.78 is 17.1. The zero-order valence-electron chi connectivity index (χ0n) is 15.2. The number of hydrogen-bond donors (Lipinski definition) is 2. The topological polar surface area (TPSA) is 104 Å². The van der Waals surface area contributed by atoms with Crippen molar-refractivity contribution in [3.05, 3.63) is 40.6 Å². The Morgan fingerprint density at radius 3 is 2.31 bits per heavy atom. The molecule has 2 aromatic rings. The van der Waals surface area contributed by atoms with Crippen molar-refractivity contribution in [1.82, 2.24) is 14.9 Å². The molecular formula is C17H22N4O5. The number of aryl methyl sites for hydroxylation is 1. The van der Waals surface area contributed by atoms with E-state index in [1.807, 2.05) is 0 Å². The third-order valence-electron chi connectivity index (χ3n) is 3.58. The van der Waals surface area contributed by atoms with E-state index in [2.05, 4.69) is 15.6 Å². The van der Waals surface area contributed by atoms with E-state index in [1.165, 1.54) is 38.3 Å². The molecule has 2 N–H and O–H groups in total. The number of nitrogens with zero attached hydrogens (tertiary/aromatic N) is 2. The number of amides is 2. The van der Waals surface area contributed by atoms with Crippen molar-refractivity contribution in [2.45, 2.75) is 13.5 Å². The van der Waals surface area contributed by atoms with Crippen LogP contribution in [0.4, 0.5) is 10.5 Å². The fourth-order valence-electron chi connectivity index (χ4n) is 2.30. The summed E-state index contributed by atoms with van der Waals surface area (Å²) in [7, 11) is 4.49. The Morgan fingerprint density at radius 1 is 1.12 bits per heavy atom. The van der Waals surface area contributed by atoms with E-state index in [4.69, 9.17) is 14.2 Å². The summed E-state index contributed by atoms with van der Waals surface area (Å²) in [5, 5.41) is 5.36. The average Bonchev–Trinajstić information content (AvgIpc) is 2.62. The van der Waals surface area contributed by atoms with Crippen molar-refractivity contribution in [3.63, 3.8) is 0 Å². The molecule has 140 valence electrons. The second-order valence-electron chi connectivity index (χ2n) is 5.36. The summed E-state index contributed by atoms with van der Waals surface area (Å²) in [6.45, 7) is 2.32. The SMILES string of the molecule is COc1cc(NC(=O)NCCn2cnc(C)cc2=O)cc(OC)c1OC. The number of anilines is 1. The second kappa shape index (κ2) is 8.75. The van der Waals surface area contributed by atoms with Gasteiger partial charge in [-0.05, 0) is 6.92 Å². The molecule has 0 aliphatic rings. The van der Waals surface area contributed by atoms with Crippen molar-refractivity contribution in [1.29, 1.82) is 0 Å². The number of urea groups is 1. The number of hydrogen-bond acceptors (Lipinski definition) is 6. The standard InChI is InChI=1S/C17H22N4O5/c1-11-7-15(22)21(10-19-11)6-5-18-17(23)20-12-8-13(24-2)16(26-4)14(9-12)25-3/h7-10H,5-6H2,1-4H3,(H2,18,20,23). The smallest absolute Gasteiger partial charge is 0.319 e. The summed E-state index contributed by atoms with van der Waals surface area (Å²) in [5.74, 6) is 1.30. The van der Waals surface area contributed by atoms with Crippen molar-refractivity contribution >= 4 is 11.7 Å². The van der Waals surface area contributed by atoms with Crippen LogP contribution >= 0.6 is 0 Å². The third-order valence-corrected chi connectivity index (χ3v) is 3.58. The van der Waals surface area contributed by atoms with Crippen molar-refractivity contribution in [3.8, 4) is 17.2 Å². The molecule has 1 heterocycles. The van der Waals surface area contributed by atoms with Gasteiger partial charge in [-0.2, -0.15) is 0 Å². The average molecular weight is 362 g/mol. The molecule has 0 radical (unpaired) electrons. The van der Waals surface area contributed by atoms with E-state index in [9.17, 15) is 9.59 Å². The maximum absolute atomic E-state index is 12.1. The number of benzene rings is 1. The quantitative estimate of drug-likeness (QED) is 0.772. The lowest BCUT2D eigenvalue weighted by molar-refractivity contribution is 0.251. The van der Waals surface area contributed by atoms with Crippen LogP contribution in [0.2, 0.25) is 0 Å². The lowest BCUT2D eigenvalue weighted by Crippen LogP contribution is -2.33. The second-order valence-corrected chi connectivity index (χ2v) is 5.36. The predicted molar refractivity (Wildman–Crippen MR) is 96.4 cm³/mol. The molecule has 2 amide bonds. The molecule has 0 saturated heterocycles. The molecule has 26 heavy (non-hydrogen) atoms. The molecule has 1 aromatic heterocycles. The Bertz CT molecular complexity index is 809. The molecule has 0 aliphatic heterocycles. The molecule has 0 saturated carbocycles. The highest BCUT2D eigenvalue weighted by Gasteiger charge is 2.14. The van der Waals surface area contributed by atoms with Gasteiger partial charge in [0.1, 0.15) is 0 Å². The van der Waals surface area contributed by atoms with Crippen LogP contribution < -0.4 is 30.4 Å². The molecule has 0 fully saturated rings. The van der Waals surface area contributed by atoms with Gasteiger partial charge < -0.3 is 24.8 Å². The molecule has 0 unspecified atom stereocenters. The van der Waals surface area contributed by atoms with Gasteiger partial charge in [0, 0.05) is 37.0 Å². The van der Waals surface area contributed by atoms with E-state index >= 15 is 0 Å². The molecule has 9 nitrogen and oxygen atoms in total. The summed E-state index contributed by atoms with van der Waals surface area (Å²) in [6, 6.07) is 4.26. The number of rotatable bonds is 7. The summed E-state index contributed by atoms with van der Waals surface area (Å²) in [6.07, 6.45) is 1.45. The maximum Gasteiger partial charge on any atom is 0.319 e. The van der Waals surface area contributed by atoms with Gasteiger partial charge in [0.15, 0.2) is 11.5 Å². The minimum atomic E-state index is -0.424. The Labute approximate surface area is 150 Å². The molecule has 0 bridgehead atoms. The van der Waals surface area contributed by atoms with Crippen LogP contribution in [0.1, 0.15) is 5.69 Å². The normalized spacial score (nSPS) is 10.2. The van der Waals surface area contributed by atoms with Crippen LogP contribution in [-0.4, -0.2) is 43.5 Å². The van der Waals surface area contributed by atoms with Gasteiger partial charge in [-0.25, -0.2) is 9.78 Å². The van der Waals surface area contributed by atoms with Crippen LogP contribution in [0.3, 0.4) is 0 Å². The molecule has 0 aliphatic carbocycles. The van der Waals surface area contributed by atoms with Gasteiger partial charge in [-0.15, -0.1) is 0 Å². The van der Waals surface area contributed by atoms with E-state index < -0.39 is 6.03 Å². The largest absolute Gasteiger partial charge is 0.493 e. The van der Waals surface area contributed by atoms with Crippen LogP contribution in [0.15, 0.2) is 29.3 Å². The fourth-order valence-corrected chi connectivity index (χ4v) is 2.30. The molecule has 2 rings (SSSR count). The number of aromatic nitrogens is 2. The minimum Gasteiger partial charge on any atom is -0.493 e. The molecule has 0 spiro atoms.